The minimum atomic E-state index is 0.256. The van der Waals surface area contributed by atoms with Crippen molar-refractivity contribution in [1.82, 2.24) is 4.98 Å². The van der Waals surface area contributed by atoms with Gasteiger partial charge in [-0.2, -0.15) is 0 Å². The summed E-state index contributed by atoms with van der Waals surface area (Å²) in [6.07, 6.45) is 4.86. The zero-order valence-corrected chi connectivity index (χ0v) is 9.82. The zero-order valence-electron chi connectivity index (χ0n) is 9.82. The fourth-order valence-corrected chi connectivity index (χ4v) is 1.71. The molecule has 0 aromatic carbocycles. The van der Waals surface area contributed by atoms with Crippen LogP contribution >= 0.6 is 0 Å². The van der Waals surface area contributed by atoms with Crippen LogP contribution in [0.3, 0.4) is 0 Å². The van der Waals surface area contributed by atoms with Crippen LogP contribution in [-0.4, -0.2) is 23.2 Å². The average molecular weight is 223 g/mol. The summed E-state index contributed by atoms with van der Waals surface area (Å²) in [6, 6.07) is 3.70. The van der Waals surface area contributed by atoms with E-state index in [4.69, 9.17) is 10.8 Å². The van der Waals surface area contributed by atoms with Crippen LogP contribution in [0, 0.1) is 5.92 Å². The van der Waals surface area contributed by atoms with Crippen LogP contribution in [0.25, 0.3) is 0 Å². The molecule has 16 heavy (non-hydrogen) atoms. The summed E-state index contributed by atoms with van der Waals surface area (Å²) in [5, 5.41) is 12.3. The molecule has 4 heteroatoms. The first-order valence-electron chi connectivity index (χ1n) is 5.82. The molecule has 0 radical (unpaired) electrons. The molecule has 4 nitrogen and oxygen atoms in total. The number of pyridine rings is 1. The topological polar surface area (TPSA) is 71.2 Å². The Hall–Kier alpha value is -1.29. The molecule has 0 aliphatic carbocycles. The molecular formula is C12H21N3O. The summed E-state index contributed by atoms with van der Waals surface area (Å²) in [5.41, 5.74) is 6.49. The number of aliphatic hydroxyl groups is 1. The van der Waals surface area contributed by atoms with E-state index in [0.717, 1.165) is 31.5 Å². The molecule has 90 valence electrons. The summed E-state index contributed by atoms with van der Waals surface area (Å²) in [6.45, 7) is 3.29. The summed E-state index contributed by atoms with van der Waals surface area (Å²) in [7, 11) is 0. The van der Waals surface area contributed by atoms with Crippen LogP contribution in [0.5, 0.6) is 0 Å². The van der Waals surface area contributed by atoms with Crippen LogP contribution in [0.4, 0.5) is 11.5 Å². The normalized spacial score (nSPS) is 12.4. The van der Waals surface area contributed by atoms with Gasteiger partial charge in [-0.25, -0.2) is 4.98 Å². The zero-order chi connectivity index (χ0) is 11.8. The largest absolute Gasteiger partial charge is 0.396 e. The van der Waals surface area contributed by atoms with Gasteiger partial charge in [0, 0.05) is 13.2 Å². The third kappa shape index (κ3) is 4.49. The van der Waals surface area contributed by atoms with Gasteiger partial charge in [0.25, 0.3) is 0 Å². The van der Waals surface area contributed by atoms with Crippen molar-refractivity contribution in [1.29, 1.82) is 0 Å². The molecule has 1 aromatic rings. The van der Waals surface area contributed by atoms with Gasteiger partial charge in [0.2, 0.25) is 0 Å². The van der Waals surface area contributed by atoms with Gasteiger partial charge in [-0.05, 0) is 30.9 Å². The molecule has 1 unspecified atom stereocenters. The summed E-state index contributed by atoms with van der Waals surface area (Å²) < 4.78 is 0. The van der Waals surface area contributed by atoms with Crippen molar-refractivity contribution in [2.45, 2.75) is 26.2 Å². The summed E-state index contributed by atoms with van der Waals surface area (Å²) in [5.74, 6) is 1.05. The van der Waals surface area contributed by atoms with E-state index in [2.05, 4.69) is 17.2 Å². The van der Waals surface area contributed by atoms with Crippen LogP contribution in [0.2, 0.25) is 0 Å². The molecular weight excluding hydrogens is 202 g/mol. The number of nitrogen functional groups attached to an aromatic ring is 1. The third-order valence-electron chi connectivity index (χ3n) is 2.62. The number of nitrogens with zero attached hydrogens (tertiary/aromatic N) is 1. The Labute approximate surface area is 96.9 Å². The van der Waals surface area contributed by atoms with Crippen molar-refractivity contribution in [2.75, 3.05) is 24.2 Å². The molecule has 4 N–H and O–H groups in total. The predicted octanol–water partition coefficient (Wildman–Crippen LogP) is 1.87. The SMILES string of the molecule is CCCC(CCO)CNc1ccc(N)nc1. The standard InChI is InChI=1S/C12H21N3O/c1-2-3-10(6-7-16)8-14-11-4-5-12(13)15-9-11/h4-5,9-10,14,16H,2-3,6-8H2,1H3,(H2,13,15). The van der Waals surface area contributed by atoms with Crippen LogP contribution in [0.15, 0.2) is 18.3 Å². The first kappa shape index (κ1) is 12.8. The number of aromatic nitrogens is 1. The van der Waals surface area contributed by atoms with E-state index in [-0.39, 0.29) is 6.61 Å². The van der Waals surface area contributed by atoms with E-state index in [0.29, 0.717) is 11.7 Å². The van der Waals surface area contributed by atoms with E-state index in [1.165, 1.54) is 0 Å². The van der Waals surface area contributed by atoms with Crippen molar-refractivity contribution in [3.8, 4) is 0 Å². The highest BCUT2D eigenvalue weighted by Crippen LogP contribution is 2.13. The summed E-state index contributed by atoms with van der Waals surface area (Å²) >= 11 is 0. The third-order valence-corrected chi connectivity index (χ3v) is 2.62. The molecule has 0 saturated heterocycles. The number of nitrogens with one attached hydrogen (secondary N) is 1. The lowest BCUT2D eigenvalue weighted by molar-refractivity contribution is 0.255. The Morgan fingerprint density at radius 3 is 2.81 bits per heavy atom. The lowest BCUT2D eigenvalue weighted by Crippen LogP contribution is -2.15. The number of rotatable bonds is 7. The maximum absolute atomic E-state index is 8.94. The number of nitrogens with two attached hydrogens (primary N) is 1. The highest BCUT2D eigenvalue weighted by atomic mass is 16.3. The fourth-order valence-electron chi connectivity index (χ4n) is 1.71. The van der Waals surface area contributed by atoms with E-state index >= 15 is 0 Å². The van der Waals surface area contributed by atoms with E-state index in [1.54, 1.807) is 12.3 Å². The van der Waals surface area contributed by atoms with E-state index in [9.17, 15) is 0 Å². The Morgan fingerprint density at radius 2 is 2.25 bits per heavy atom. The van der Waals surface area contributed by atoms with Gasteiger partial charge >= 0.3 is 0 Å². The van der Waals surface area contributed by atoms with Gasteiger partial charge in [-0.1, -0.05) is 13.3 Å². The smallest absolute Gasteiger partial charge is 0.123 e. The first-order chi connectivity index (χ1) is 7.76. The van der Waals surface area contributed by atoms with Crippen molar-refractivity contribution in [3.05, 3.63) is 18.3 Å². The molecule has 0 amide bonds. The molecule has 1 heterocycles. The van der Waals surface area contributed by atoms with Gasteiger partial charge in [0.05, 0.1) is 11.9 Å². The Balaban J connectivity index is 2.38. The minimum Gasteiger partial charge on any atom is -0.396 e. The molecule has 0 spiro atoms. The molecule has 0 bridgehead atoms. The maximum Gasteiger partial charge on any atom is 0.123 e. The van der Waals surface area contributed by atoms with Gasteiger partial charge < -0.3 is 16.2 Å². The lowest BCUT2D eigenvalue weighted by Gasteiger charge is -2.16. The number of hydrogen-bond donors (Lipinski definition) is 3. The Morgan fingerprint density at radius 1 is 1.44 bits per heavy atom. The maximum atomic E-state index is 8.94. The second-order valence-electron chi connectivity index (χ2n) is 4.02. The lowest BCUT2D eigenvalue weighted by atomic mass is 10.0. The molecule has 0 aliphatic heterocycles. The number of hydrogen-bond acceptors (Lipinski definition) is 4. The molecule has 0 saturated carbocycles. The molecule has 0 fully saturated rings. The summed E-state index contributed by atoms with van der Waals surface area (Å²) in [4.78, 5) is 4.01. The van der Waals surface area contributed by atoms with E-state index < -0.39 is 0 Å². The van der Waals surface area contributed by atoms with Crippen molar-refractivity contribution < 1.29 is 5.11 Å². The van der Waals surface area contributed by atoms with Crippen molar-refractivity contribution in [2.24, 2.45) is 5.92 Å². The molecule has 1 rings (SSSR count). The monoisotopic (exact) mass is 223 g/mol. The van der Waals surface area contributed by atoms with Gasteiger partial charge in [-0.3, -0.25) is 0 Å². The van der Waals surface area contributed by atoms with Crippen LogP contribution in [0.1, 0.15) is 26.2 Å². The van der Waals surface area contributed by atoms with Crippen LogP contribution in [-0.2, 0) is 0 Å². The second kappa shape index (κ2) is 7.06. The van der Waals surface area contributed by atoms with Crippen molar-refractivity contribution in [3.63, 3.8) is 0 Å². The van der Waals surface area contributed by atoms with Gasteiger partial charge in [0.15, 0.2) is 0 Å². The quantitative estimate of drug-likeness (QED) is 0.660. The van der Waals surface area contributed by atoms with Crippen molar-refractivity contribution >= 4 is 11.5 Å². The highest BCUT2D eigenvalue weighted by molar-refractivity contribution is 5.45. The Kier molecular flexibility index (Phi) is 5.64. The number of anilines is 2. The first-order valence-corrected chi connectivity index (χ1v) is 5.82. The highest BCUT2D eigenvalue weighted by Gasteiger charge is 2.06. The fraction of sp³-hybridized carbons (Fsp3) is 0.583. The average Bonchev–Trinajstić information content (AvgIpc) is 2.29. The Bertz CT molecular complexity index is 281. The predicted molar refractivity (Wildman–Crippen MR) is 67.2 cm³/mol. The van der Waals surface area contributed by atoms with Gasteiger partial charge in [-0.15, -0.1) is 0 Å². The minimum absolute atomic E-state index is 0.256. The van der Waals surface area contributed by atoms with E-state index in [1.807, 2.05) is 6.07 Å². The van der Waals surface area contributed by atoms with Crippen LogP contribution < -0.4 is 11.1 Å². The second-order valence-corrected chi connectivity index (χ2v) is 4.02. The number of aliphatic hydroxyl groups excluding tert-OH is 1. The molecule has 1 atom stereocenters. The molecule has 1 aromatic heterocycles. The molecule has 0 aliphatic rings. The van der Waals surface area contributed by atoms with Gasteiger partial charge in [0.1, 0.15) is 5.82 Å².